The Labute approximate surface area is 495 Å². The number of carbonyl (C=O) groups excluding carboxylic acids is 6. The topological polar surface area (TPSA) is 253 Å². The number of carbonyl (C=O) groups is 6. The standard InChI is InChI=1S/C70H73N9O6/c71-40-10-7-19-61(77-65(80)55-25-22-46-13-1-4-16-52(46)43-55)68(83)74-58-34-28-49(29-35-58)64(50-30-36-59(37-31-50)75-69(84)62(20-8-11-41-72)78-66(81)56-26-23-47-14-2-5-17-53(47)44-56)51-32-38-60(39-33-51)76-70(85)63(21-9-12-42-73)79-67(82)57-27-24-48-15-3-6-18-54(48)45-57/h1-6,13-18,22-39,43-45,61-64H,7-12,19-21,40-42,71-73H2,(H,74,83)(H,75,84)(H,76,85)(H,77,80)(H,78,81)(H,79,82)/t61-,62-,63-/m1/s1. The third kappa shape index (κ3) is 16.2. The van der Waals surface area contributed by atoms with Crippen molar-refractivity contribution in [3.05, 3.63) is 234 Å². The molecule has 3 atom stereocenters. The molecule has 434 valence electrons. The monoisotopic (exact) mass is 1140 g/mol. The van der Waals surface area contributed by atoms with Gasteiger partial charge < -0.3 is 49.1 Å². The van der Waals surface area contributed by atoms with Crippen molar-refractivity contribution in [3.63, 3.8) is 0 Å². The summed E-state index contributed by atoms with van der Waals surface area (Å²) in [6, 6.07) is 59.7. The van der Waals surface area contributed by atoms with Crippen molar-refractivity contribution in [1.29, 1.82) is 0 Å². The second-order valence-corrected chi connectivity index (χ2v) is 21.4. The molecule has 0 fully saturated rings. The van der Waals surface area contributed by atoms with E-state index in [1.54, 1.807) is 18.2 Å². The molecule has 0 aromatic heterocycles. The summed E-state index contributed by atoms with van der Waals surface area (Å²) in [5.74, 6) is -2.55. The molecule has 0 aliphatic carbocycles. The number of anilines is 3. The van der Waals surface area contributed by atoms with Gasteiger partial charge in [-0.05, 0) is 199 Å². The Morgan fingerprint density at radius 3 is 0.824 bits per heavy atom. The third-order valence-corrected chi connectivity index (χ3v) is 15.3. The Hall–Kier alpha value is -9.54. The zero-order valence-electron chi connectivity index (χ0n) is 47.5. The van der Waals surface area contributed by atoms with Crippen molar-refractivity contribution in [1.82, 2.24) is 16.0 Å². The highest BCUT2D eigenvalue weighted by molar-refractivity contribution is 6.05. The number of fused-ring (bicyclic) bond motifs is 3. The molecular weight excluding hydrogens is 1060 g/mol. The fourth-order valence-corrected chi connectivity index (χ4v) is 10.5. The minimum absolute atomic E-state index is 0.356. The number of nitrogens with two attached hydrogens (primary N) is 3. The van der Waals surface area contributed by atoms with Crippen LogP contribution < -0.4 is 49.1 Å². The number of rotatable bonds is 27. The first kappa shape index (κ1) is 60.1. The highest BCUT2D eigenvalue weighted by atomic mass is 16.2. The number of nitrogens with one attached hydrogen (secondary N) is 6. The van der Waals surface area contributed by atoms with Gasteiger partial charge >= 0.3 is 0 Å². The Balaban J connectivity index is 0.946. The highest BCUT2D eigenvalue weighted by Gasteiger charge is 2.26. The molecule has 0 saturated heterocycles. The molecule has 0 spiro atoms. The van der Waals surface area contributed by atoms with E-state index in [9.17, 15) is 28.8 Å². The molecule has 6 amide bonds. The molecule has 0 aliphatic rings. The highest BCUT2D eigenvalue weighted by Crippen LogP contribution is 2.34. The Kier molecular flexibility index (Phi) is 20.9. The first-order chi connectivity index (χ1) is 41.5. The predicted molar refractivity (Wildman–Crippen MR) is 340 cm³/mol. The lowest BCUT2D eigenvalue weighted by Gasteiger charge is -2.22. The van der Waals surface area contributed by atoms with E-state index in [0.29, 0.717) is 111 Å². The Morgan fingerprint density at radius 2 is 0.565 bits per heavy atom. The fourth-order valence-electron chi connectivity index (χ4n) is 10.5. The van der Waals surface area contributed by atoms with E-state index < -0.39 is 18.1 Å². The smallest absolute Gasteiger partial charge is 0.251 e. The largest absolute Gasteiger partial charge is 0.340 e. The normalized spacial score (nSPS) is 12.3. The lowest BCUT2D eigenvalue weighted by molar-refractivity contribution is -0.118. The van der Waals surface area contributed by atoms with Crippen molar-refractivity contribution in [2.75, 3.05) is 35.6 Å². The van der Waals surface area contributed by atoms with Gasteiger partial charge in [-0.1, -0.05) is 127 Å². The van der Waals surface area contributed by atoms with Crippen LogP contribution in [0.4, 0.5) is 17.1 Å². The van der Waals surface area contributed by atoms with E-state index in [1.807, 2.05) is 182 Å². The van der Waals surface area contributed by atoms with Crippen LogP contribution in [0.3, 0.4) is 0 Å². The van der Waals surface area contributed by atoms with Crippen LogP contribution in [-0.4, -0.2) is 73.2 Å². The molecule has 0 bridgehead atoms. The van der Waals surface area contributed by atoms with Crippen LogP contribution >= 0.6 is 0 Å². The van der Waals surface area contributed by atoms with Gasteiger partial charge in [0.15, 0.2) is 0 Å². The maximum Gasteiger partial charge on any atom is 0.251 e. The first-order valence-corrected chi connectivity index (χ1v) is 29.2. The number of unbranched alkanes of at least 4 members (excludes halogenated alkanes) is 3. The van der Waals surface area contributed by atoms with E-state index in [1.165, 1.54) is 0 Å². The van der Waals surface area contributed by atoms with Crippen molar-refractivity contribution >= 4 is 84.8 Å². The quantitative estimate of drug-likeness (QED) is 0.0175. The molecule has 15 nitrogen and oxygen atoms in total. The van der Waals surface area contributed by atoms with Crippen LogP contribution in [0.1, 0.15) is 111 Å². The van der Waals surface area contributed by atoms with Gasteiger partial charge in [0, 0.05) is 39.7 Å². The molecule has 9 aromatic rings. The summed E-state index contributed by atoms with van der Waals surface area (Å²) < 4.78 is 0. The van der Waals surface area contributed by atoms with Gasteiger partial charge in [-0.25, -0.2) is 0 Å². The van der Waals surface area contributed by atoms with Crippen molar-refractivity contribution < 1.29 is 28.8 Å². The van der Waals surface area contributed by atoms with Gasteiger partial charge in [-0.2, -0.15) is 0 Å². The molecule has 0 aliphatic heterocycles. The average Bonchev–Trinajstić information content (AvgIpc) is 3.70. The zero-order chi connectivity index (χ0) is 59.5. The lowest BCUT2D eigenvalue weighted by Crippen LogP contribution is -2.43. The molecular formula is C70H73N9O6. The summed E-state index contributed by atoms with van der Waals surface area (Å²) in [5.41, 5.74) is 23.0. The summed E-state index contributed by atoms with van der Waals surface area (Å²) in [6.45, 7) is 1.36. The number of amides is 6. The Morgan fingerprint density at radius 1 is 0.306 bits per heavy atom. The van der Waals surface area contributed by atoms with Gasteiger partial charge in [-0.15, -0.1) is 0 Å². The molecule has 0 radical (unpaired) electrons. The van der Waals surface area contributed by atoms with Crippen LogP contribution in [0, 0.1) is 0 Å². The Bertz CT molecular complexity index is 3390. The van der Waals surface area contributed by atoms with E-state index >= 15 is 0 Å². The SMILES string of the molecule is NCCCC[C@@H](NC(=O)c1ccc2ccccc2c1)C(=O)Nc1ccc(C(c2ccc(NC(=O)[C@@H](CCCCN)NC(=O)c3ccc4ccccc4c3)cc2)c2ccc(NC(=O)[C@@H](CCCCN)NC(=O)c3ccc4ccccc4c3)cc2)cc1. The number of hydrogen-bond acceptors (Lipinski definition) is 9. The summed E-state index contributed by atoms with van der Waals surface area (Å²) in [6.07, 6.45) is 5.13. The maximum atomic E-state index is 14.0. The summed E-state index contributed by atoms with van der Waals surface area (Å²) in [4.78, 5) is 83.0. The number of benzene rings is 9. The van der Waals surface area contributed by atoms with E-state index in [-0.39, 0.29) is 41.4 Å². The van der Waals surface area contributed by atoms with Gasteiger partial charge in [0.25, 0.3) is 17.7 Å². The van der Waals surface area contributed by atoms with Crippen LogP contribution in [0.5, 0.6) is 0 Å². The second kappa shape index (κ2) is 29.6. The van der Waals surface area contributed by atoms with Gasteiger partial charge in [0.05, 0.1) is 0 Å². The van der Waals surface area contributed by atoms with Crippen LogP contribution in [0.15, 0.2) is 200 Å². The van der Waals surface area contributed by atoms with E-state index in [0.717, 1.165) is 49.0 Å². The van der Waals surface area contributed by atoms with Gasteiger partial charge in [0.1, 0.15) is 18.1 Å². The van der Waals surface area contributed by atoms with E-state index in [2.05, 4.69) is 31.9 Å². The maximum absolute atomic E-state index is 14.0. The summed E-state index contributed by atoms with van der Waals surface area (Å²) in [5, 5.41) is 23.7. The molecule has 85 heavy (non-hydrogen) atoms. The van der Waals surface area contributed by atoms with Gasteiger partial charge in [-0.3, -0.25) is 28.8 Å². The number of hydrogen-bond donors (Lipinski definition) is 9. The van der Waals surface area contributed by atoms with Crippen LogP contribution in [0.25, 0.3) is 32.3 Å². The van der Waals surface area contributed by atoms with Gasteiger partial charge in [0.2, 0.25) is 17.7 Å². The zero-order valence-corrected chi connectivity index (χ0v) is 47.5. The molecule has 12 N–H and O–H groups in total. The van der Waals surface area contributed by atoms with Crippen LogP contribution in [-0.2, 0) is 14.4 Å². The molecule has 0 heterocycles. The summed E-state index contributed by atoms with van der Waals surface area (Å²) in [7, 11) is 0. The lowest BCUT2D eigenvalue weighted by atomic mass is 9.85. The molecule has 0 unspecified atom stereocenters. The molecule has 0 saturated carbocycles. The minimum Gasteiger partial charge on any atom is -0.340 e. The second-order valence-electron chi connectivity index (χ2n) is 21.4. The fraction of sp³-hybridized carbons (Fsp3) is 0.229. The van der Waals surface area contributed by atoms with E-state index in [4.69, 9.17) is 17.2 Å². The van der Waals surface area contributed by atoms with Crippen molar-refractivity contribution in [2.45, 2.75) is 81.8 Å². The molecule has 15 heteroatoms. The van der Waals surface area contributed by atoms with Crippen LogP contribution in [0.2, 0.25) is 0 Å². The minimum atomic E-state index is -0.833. The molecule has 9 aromatic carbocycles. The summed E-state index contributed by atoms with van der Waals surface area (Å²) >= 11 is 0. The average molecular weight is 1140 g/mol. The third-order valence-electron chi connectivity index (χ3n) is 15.3. The van der Waals surface area contributed by atoms with Crippen molar-refractivity contribution in [3.8, 4) is 0 Å². The first-order valence-electron chi connectivity index (χ1n) is 29.2. The predicted octanol–water partition coefficient (Wildman–Crippen LogP) is 10.9. The molecule has 9 rings (SSSR count). The van der Waals surface area contributed by atoms with Crippen molar-refractivity contribution in [2.24, 2.45) is 17.2 Å².